The molecule has 4 aromatic carbocycles. The maximum Gasteiger partial charge on any atom is 0.250 e. The van der Waals surface area contributed by atoms with Crippen molar-refractivity contribution in [3.8, 4) is 33.6 Å². The summed E-state index contributed by atoms with van der Waals surface area (Å²) in [5.74, 6) is -0.0242. The van der Waals surface area contributed by atoms with Crippen molar-refractivity contribution in [2.75, 3.05) is 0 Å². The van der Waals surface area contributed by atoms with Crippen LogP contribution in [0.5, 0.6) is 0 Å². The van der Waals surface area contributed by atoms with Gasteiger partial charge in [-0.05, 0) is 50.6 Å². The molecular formula is C30H15Cl6N3. The van der Waals surface area contributed by atoms with Crippen molar-refractivity contribution in [1.29, 1.82) is 0 Å². The van der Waals surface area contributed by atoms with Crippen molar-refractivity contribution in [3.05, 3.63) is 125 Å². The van der Waals surface area contributed by atoms with Gasteiger partial charge in [0.15, 0.2) is 17.5 Å². The Morgan fingerprint density at radius 3 is 1.31 bits per heavy atom. The van der Waals surface area contributed by atoms with Crippen molar-refractivity contribution >= 4 is 69.6 Å². The zero-order valence-electron chi connectivity index (χ0n) is 19.8. The number of hydrogen-bond donors (Lipinski definition) is 0. The van der Waals surface area contributed by atoms with Crippen LogP contribution in [-0.2, 0) is 13.0 Å². The van der Waals surface area contributed by atoms with E-state index in [9.17, 15) is 0 Å². The van der Waals surface area contributed by atoms with E-state index in [0.717, 1.165) is 11.1 Å². The van der Waals surface area contributed by atoms with E-state index in [4.69, 9.17) is 69.6 Å². The Balaban J connectivity index is 1.55. The first-order chi connectivity index (χ1) is 18.6. The van der Waals surface area contributed by atoms with Crippen LogP contribution >= 0.6 is 69.6 Å². The minimum Gasteiger partial charge on any atom is -0.209 e. The van der Waals surface area contributed by atoms with Gasteiger partial charge in [0.25, 0.3) is 0 Å². The molecule has 0 amide bonds. The summed E-state index contributed by atoms with van der Waals surface area (Å²) in [5.41, 5.74) is 9.61. The summed E-state index contributed by atoms with van der Waals surface area (Å²) in [6, 6.07) is 31.7. The van der Waals surface area contributed by atoms with Crippen LogP contribution in [0.1, 0.15) is 33.9 Å². The third-order valence-electron chi connectivity index (χ3n) is 7.40. The number of benzene rings is 4. The molecule has 9 heteroatoms. The normalized spacial score (nSPS) is 14.6. The quantitative estimate of drug-likeness (QED) is 0.170. The van der Waals surface area contributed by atoms with Gasteiger partial charge in [0.05, 0.1) is 5.41 Å². The highest BCUT2D eigenvalue weighted by molar-refractivity contribution is 6.67. The minimum absolute atomic E-state index is 0.131. The Morgan fingerprint density at radius 1 is 0.462 bits per heavy atom. The SMILES string of the molecule is ClC(Cl)(Cl)c1nc(-c2ccc3c(c2)C2(c4ccccc4-c4ccccc42)c2ccccc2-3)nc(C(Cl)(Cl)Cl)n1. The smallest absolute Gasteiger partial charge is 0.209 e. The molecular weight excluding hydrogens is 615 g/mol. The lowest BCUT2D eigenvalue weighted by Gasteiger charge is -2.30. The van der Waals surface area contributed by atoms with E-state index in [1.54, 1.807) is 0 Å². The summed E-state index contributed by atoms with van der Waals surface area (Å²) in [4.78, 5) is 13.1. The second-order valence-electron chi connectivity index (χ2n) is 9.45. The van der Waals surface area contributed by atoms with Gasteiger partial charge in [-0.25, -0.2) is 15.0 Å². The van der Waals surface area contributed by atoms with Crippen molar-refractivity contribution in [2.45, 2.75) is 13.0 Å². The Hall–Kier alpha value is -2.37. The maximum absolute atomic E-state index is 6.15. The van der Waals surface area contributed by atoms with Crippen LogP contribution in [0.15, 0.2) is 91.0 Å². The molecule has 0 saturated carbocycles. The third-order valence-corrected chi connectivity index (χ3v) is 8.41. The molecule has 1 heterocycles. The fraction of sp³-hybridized carbons (Fsp3) is 0.100. The van der Waals surface area contributed by atoms with Crippen LogP contribution in [0.25, 0.3) is 33.6 Å². The van der Waals surface area contributed by atoms with Gasteiger partial charge < -0.3 is 0 Å². The summed E-state index contributed by atoms with van der Waals surface area (Å²) >= 11 is 36.9. The predicted molar refractivity (Wildman–Crippen MR) is 160 cm³/mol. The summed E-state index contributed by atoms with van der Waals surface area (Å²) < 4.78 is -3.89. The molecule has 0 radical (unpaired) electrons. The van der Waals surface area contributed by atoms with Crippen LogP contribution in [0.3, 0.4) is 0 Å². The average Bonchev–Trinajstić information content (AvgIpc) is 3.39. The number of hydrogen-bond acceptors (Lipinski definition) is 3. The molecule has 0 atom stereocenters. The number of rotatable bonds is 1. The van der Waals surface area contributed by atoms with E-state index < -0.39 is 13.0 Å². The Labute approximate surface area is 254 Å². The first kappa shape index (κ1) is 25.6. The lowest BCUT2D eigenvalue weighted by Crippen LogP contribution is -2.26. The molecule has 0 unspecified atom stereocenters. The Kier molecular flexibility index (Phi) is 5.78. The second kappa shape index (κ2) is 8.81. The van der Waals surface area contributed by atoms with Gasteiger partial charge >= 0.3 is 0 Å². The zero-order chi connectivity index (χ0) is 27.2. The standard InChI is InChI=1S/C30H15Cl6N3/c31-29(32,33)26-37-25(38-27(39-26)30(34,35)36)16-13-14-20-19-9-3-6-12-23(19)28(24(20)15-16)21-10-4-1-7-17(21)18-8-2-5-11-22(18)28/h1-15H. The third kappa shape index (κ3) is 3.75. The fourth-order valence-electron chi connectivity index (χ4n) is 5.99. The molecule has 0 fully saturated rings. The predicted octanol–water partition coefficient (Wildman–Crippen LogP) is 9.54. The first-order valence-corrected chi connectivity index (χ1v) is 14.2. The molecule has 0 aliphatic heterocycles. The van der Waals surface area contributed by atoms with Crippen molar-refractivity contribution in [2.24, 2.45) is 0 Å². The van der Waals surface area contributed by atoms with Crippen molar-refractivity contribution in [3.63, 3.8) is 0 Å². The highest BCUT2D eigenvalue weighted by Crippen LogP contribution is 2.63. The molecule has 0 N–H and O–H groups in total. The van der Waals surface area contributed by atoms with Crippen LogP contribution in [0.2, 0.25) is 0 Å². The van der Waals surface area contributed by atoms with Gasteiger partial charge in [-0.3, -0.25) is 0 Å². The van der Waals surface area contributed by atoms with Gasteiger partial charge in [0, 0.05) is 5.56 Å². The number of halogens is 6. The van der Waals surface area contributed by atoms with E-state index in [1.807, 2.05) is 6.07 Å². The van der Waals surface area contributed by atoms with Crippen molar-refractivity contribution in [1.82, 2.24) is 15.0 Å². The highest BCUT2D eigenvalue weighted by atomic mass is 35.6. The molecule has 5 aromatic rings. The van der Waals surface area contributed by atoms with Crippen LogP contribution in [0.4, 0.5) is 0 Å². The summed E-state index contributed by atoms with van der Waals surface area (Å²) in [6.07, 6.45) is 0. The Morgan fingerprint density at radius 2 is 0.872 bits per heavy atom. The van der Waals surface area contributed by atoms with Gasteiger partial charge in [-0.1, -0.05) is 155 Å². The highest BCUT2D eigenvalue weighted by Gasteiger charge is 2.51. The van der Waals surface area contributed by atoms with Crippen LogP contribution in [0, 0.1) is 0 Å². The lowest BCUT2D eigenvalue weighted by atomic mass is 9.70. The molecule has 2 aliphatic carbocycles. The van der Waals surface area contributed by atoms with E-state index in [1.165, 1.54) is 33.4 Å². The van der Waals surface area contributed by atoms with E-state index in [-0.39, 0.29) is 17.5 Å². The van der Waals surface area contributed by atoms with Crippen molar-refractivity contribution < 1.29 is 0 Å². The number of aromatic nitrogens is 3. The van der Waals surface area contributed by atoms with Gasteiger partial charge in [-0.2, -0.15) is 0 Å². The minimum atomic E-state index is -1.94. The largest absolute Gasteiger partial charge is 0.250 e. The van der Waals surface area contributed by atoms with E-state index >= 15 is 0 Å². The van der Waals surface area contributed by atoms with E-state index in [2.05, 4.69) is 99.9 Å². The van der Waals surface area contributed by atoms with Gasteiger partial charge in [0.1, 0.15) is 0 Å². The maximum atomic E-state index is 6.15. The Bertz CT molecular complexity index is 1710. The molecule has 192 valence electrons. The van der Waals surface area contributed by atoms with E-state index in [0.29, 0.717) is 5.56 Å². The molecule has 3 nitrogen and oxygen atoms in total. The monoisotopic (exact) mass is 627 g/mol. The molecule has 39 heavy (non-hydrogen) atoms. The molecule has 1 aromatic heterocycles. The van der Waals surface area contributed by atoms with Gasteiger partial charge in [-0.15, -0.1) is 0 Å². The summed E-state index contributed by atoms with van der Waals surface area (Å²) in [7, 11) is 0. The second-order valence-corrected chi connectivity index (χ2v) is 14.0. The first-order valence-electron chi connectivity index (χ1n) is 11.9. The molecule has 7 rings (SSSR count). The number of alkyl halides is 6. The van der Waals surface area contributed by atoms with Crippen LogP contribution < -0.4 is 0 Å². The summed E-state index contributed by atoms with van der Waals surface area (Å²) in [6.45, 7) is 0. The molecule has 2 aliphatic rings. The number of nitrogens with zero attached hydrogens (tertiary/aromatic N) is 3. The summed E-state index contributed by atoms with van der Waals surface area (Å²) in [5, 5.41) is 0. The molecule has 0 bridgehead atoms. The molecule has 1 spiro atoms. The van der Waals surface area contributed by atoms with Crippen LogP contribution in [-0.4, -0.2) is 15.0 Å². The lowest BCUT2D eigenvalue weighted by molar-refractivity contribution is 0.793. The number of fused-ring (bicyclic) bond motifs is 10. The molecule has 0 saturated heterocycles. The average molecular weight is 630 g/mol. The topological polar surface area (TPSA) is 38.7 Å². The van der Waals surface area contributed by atoms with Gasteiger partial charge in [0.2, 0.25) is 7.59 Å². The zero-order valence-corrected chi connectivity index (χ0v) is 24.3. The fourth-order valence-corrected chi connectivity index (χ4v) is 6.50.